The number of fused-ring (bicyclic) bond motifs is 4. The van der Waals surface area contributed by atoms with Crippen molar-refractivity contribution in [2.45, 2.75) is 6.54 Å². The zero-order chi connectivity index (χ0) is 22.5. The molecule has 3 nitrogen and oxygen atoms in total. The van der Waals surface area contributed by atoms with E-state index in [4.69, 9.17) is 5.73 Å². The molecule has 4 aromatic carbocycles. The summed E-state index contributed by atoms with van der Waals surface area (Å²) in [5.74, 6) is -0.408. The molecule has 0 spiro atoms. The Hall–Kier alpha value is -3.41. The van der Waals surface area contributed by atoms with Gasteiger partial charge in [-0.15, -0.1) is 11.3 Å². The van der Waals surface area contributed by atoms with Crippen molar-refractivity contribution in [1.29, 1.82) is 0 Å². The number of primary amides is 1. The van der Waals surface area contributed by atoms with Gasteiger partial charge in [0, 0.05) is 32.2 Å². The number of thiophene rings is 1. The second-order valence-corrected chi connectivity index (χ2v) is 9.86. The summed E-state index contributed by atoms with van der Waals surface area (Å²) in [6, 6.07) is 29.2. The third kappa shape index (κ3) is 3.27. The van der Waals surface area contributed by atoms with Crippen molar-refractivity contribution >= 4 is 65.8 Å². The van der Waals surface area contributed by atoms with Gasteiger partial charge in [-0.25, -0.2) is 0 Å². The van der Waals surface area contributed by atoms with Gasteiger partial charge in [0.2, 0.25) is 5.91 Å². The van der Waals surface area contributed by atoms with E-state index in [1.165, 1.54) is 26.8 Å². The van der Waals surface area contributed by atoms with Crippen LogP contribution in [0, 0.1) is 0 Å². The highest BCUT2D eigenvalue weighted by Gasteiger charge is 2.18. The van der Waals surface area contributed by atoms with E-state index < -0.39 is 5.91 Å². The summed E-state index contributed by atoms with van der Waals surface area (Å²) in [6.07, 6.45) is 0. The predicted octanol–water partition coefficient (Wildman–Crippen LogP) is 7.59. The van der Waals surface area contributed by atoms with Crippen LogP contribution in [0.15, 0.2) is 94.8 Å². The molecule has 0 bridgehead atoms. The van der Waals surface area contributed by atoms with E-state index in [0.717, 1.165) is 26.3 Å². The summed E-state index contributed by atoms with van der Waals surface area (Å²) in [7, 11) is 0. The minimum absolute atomic E-state index is 0.408. The van der Waals surface area contributed by atoms with E-state index in [-0.39, 0.29) is 0 Å². The number of nitrogens with zero attached hydrogens (tertiary/aromatic N) is 1. The lowest BCUT2D eigenvalue weighted by atomic mass is 10.0. The topological polar surface area (TPSA) is 48.0 Å². The molecule has 0 saturated heterocycles. The summed E-state index contributed by atoms with van der Waals surface area (Å²) in [4.78, 5) is 13.5. The van der Waals surface area contributed by atoms with Crippen LogP contribution in [0.25, 0.3) is 43.0 Å². The van der Waals surface area contributed by atoms with E-state index in [2.05, 4.69) is 98.7 Å². The molecule has 1 amide bonds. The number of nitrogens with two attached hydrogens (primary N) is 1. The molecule has 160 valence electrons. The van der Waals surface area contributed by atoms with E-state index in [0.29, 0.717) is 12.1 Å². The van der Waals surface area contributed by atoms with Gasteiger partial charge in [-0.1, -0.05) is 60.7 Å². The van der Waals surface area contributed by atoms with Gasteiger partial charge in [-0.2, -0.15) is 0 Å². The Bertz CT molecular complexity index is 1680. The van der Waals surface area contributed by atoms with Crippen molar-refractivity contribution in [3.8, 4) is 10.4 Å². The molecule has 2 heterocycles. The highest BCUT2D eigenvalue weighted by atomic mass is 79.9. The Morgan fingerprint density at radius 2 is 1.76 bits per heavy atom. The molecule has 0 fully saturated rings. The van der Waals surface area contributed by atoms with Gasteiger partial charge >= 0.3 is 0 Å². The van der Waals surface area contributed by atoms with E-state index in [1.807, 2.05) is 12.1 Å². The Balaban J connectivity index is 1.64. The van der Waals surface area contributed by atoms with Gasteiger partial charge in [0.15, 0.2) is 0 Å². The first-order valence-corrected chi connectivity index (χ1v) is 12.3. The van der Waals surface area contributed by atoms with Crippen molar-refractivity contribution < 1.29 is 4.79 Å². The lowest BCUT2D eigenvalue weighted by Gasteiger charge is -2.12. The molecule has 0 saturated carbocycles. The van der Waals surface area contributed by atoms with Crippen LogP contribution in [-0.4, -0.2) is 10.5 Å². The molecule has 0 aliphatic heterocycles. The van der Waals surface area contributed by atoms with Crippen molar-refractivity contribution in [3.05, 3.63) is 106 Å². The highest BCUT2D eigenvalue weighted by Crippen LogP contribution is 2.37. The summed E-state index contributed by atoms with van der Waals surface area (Å²) >= 11 is 5.58. The molecule has 2 aromatic heterocycles. The summed E-state index contributed by atoms with van der Waals surface area (Å²) in [6.45, 7) is 0.668. The Morgan fingerprint density at radius 3 is 2.58 bits per heavy atom. The lowest BCUT2D eigenvalue weighted by molar-refractivity contribution is 0.100. The summed E-state index contributed by atoms with van der Waals surface area (Å²) in [5.41, 5.74) is 10.8. The summed E-state index contributed by atoms with van der Waals surface area (Å²) < 4.78 is 3.39. The van der Waals surface area contributed by atoms with Gasteiger partial charge in [-0.3, -0.25) is 4.79 Å². The van der Waals surface area contributed by atoms with Crippen LogP contribution in [0.5, 0.6) is 0 Å². The van der Waals surface area contributed by atoms with Crippen LogP contribution in [0.2, 0.25) is 0 Å². The molecule has 0 atom stereocenters. The largest absolute Gasteiger partial charge is 0.366 e. The average molecular weight is 511 g/mol. The van der Waals surface area contributed by atoms with E-state index in [9.17, 15) is 4.79 Å². The highest BCUT2D eigenvalue weighted by molar-refractivity contribution is 9.10. The van der Waals surface area contributed by atoms with Crippen molar-refractivity contribution in [3.63, 3.8) is 0 Å². The van der Waals surface area contributed by atoms with Gasteiger partial charge < -0.3 is 10.3 Å². The van der Waals surface area contributed by atoms with Gasteiger partial charge in [0.1, 0.15) is 0 Å². The fraction of sp³-hybridized carbons (Fsp3) is 0.0357. The minimum atomic E-state index is -0.408. The number of halogens is 1. The Labute approximate surface area is 203 Å². The van der Waals surface area contributed by atoms with Crippen molar-refractivity contribution in [2.24, 2.45) is 5.73 Å². The molecule has 6 rings (SSSR count). The molecular weight excluding hydrogens is 492 g/mol. The molecule has 33 heavy (non-hydrogen) atoms. The molecule has 5 heteroatoms. The van der Waals surface area contributed by atoms with Crippen LogP contribution in [-0.2, 0) is 6.54 Å². The van der Waals surface area contributed by atoms with Crippen LogP contribution in [0.1, 0.15) is 15.9 Å². The molecule has 0 aliphatic carbocycles. The third-order valence-electron chi connectivity index (χ3n) is 6.23. The Morgan fingerprint density at radius 1 is 0.879 bits per heavy atom. The third-order valence-corrected chi connectivity index (χ3v) is 8.09. The fourth-order valence-electron chi connectivity index (χ4n) is 4.69. The second-order valence-electron chi connectivity index (χ2n) is 8.12. The zero-order valence-electron chi connectivity index (χ0n) is 17.6. The molecule has 0 unspecified atom stereocenters. The maximum Gasteiger partial charge on any atom is 0.249 e. The smallest absolute Gasteiger partial charge is 0.249 e. The van der Waals surface area contributed by atoms with Crippen molar-refractivity contribution in [2.75, 3.05) is 0 Å². The SMILES string of the molecule is NC(=O)c1cccc2c1c1ccc(-c3cccs3)cc1n2Cc1ccc2ccccc2c1Br. The number of benzene rings is 4. The fourth-order valence-corrected chi connectivity index (χ4v) is 6.03. The van der Waals surface area contributed by atoms with Gasteiger partial charge in [-0.05, 0) is 67.5 Å². The Kier molecular flexibility index (Phi) is 4.82. The minimum Gasteiger partial charge on any atom is -0.366 e. The quantitative estimate of drug-likeness (QED) is 0.261. The standard InChI is InChI=1S/C28H19BrN2OS/c29-27-19(11-10-17-5-1-2-6-20(17)27)16-31-23-8-3-7-22(28(30)32)26(23)21-13-12-18(15-24(21)31)25-9-4-14-33-25/h1-15H,16H2,(H2,30,32). The van der Waals surface area contributed by atoms with E-state index >= 15 is 0 Å². The lowest BCUT2D eigenvalue weighted by Crippen LogP contribution is -2.11. The number of aromatic nitrogens is 1. The maximum absolute atomic E-state index is 12.3. The number of rotatable bonds is 4. The monoisotopic (exact) mass is 510 g/mol. The normalized spacial score (nSPS) is 11.5. The molecule has 2 N–H and O–H groups in total. The van der Waals surface area contributed by atoms with Crippen LogP contribution in [0.4, 0.5) is 0 Å². The number of hydrogen-bond acceptors (Lipinski definition) is 2. The first-order chi connectivity index (χ1) is 16.1. The number of hydrogen-bond donors (Lipinski definition) is 1. The molecule has 0 radical (unpaired) electrons. The first-order valence-electron chi connectivity index (χ1n) is 10.7. The summed E-state index contributed by atoms with van der Waals surface area (Å²) in [5, 5.41) is 6.43. The zero-order valence-corrected chi connectivity index (χ0v) is 20.0. The second kappa shape index (κ2) is 7.87. The molecule has 0 aliphatic rings. The van der Waals surface area contributed by atoms with Gasteiger partial charge in [0.05, 0.1) is 11.0 Å². The molecular formula is C28H19BrN2OS. The predicted molar refractivity (Wildman–Crippen MR) is 142 cm³/mol. The first kappa shape index (κ1) is 20.2. The number of carbonyl (C=O) groups excluding carboxylic acids is 1. The number of carbonyl (C=O) groups is 1. The van der Waals surface area contributed by atoms with E-state index in [1.54, 1.807) is 11.3 Å². The maximum atomic E-state index is 12.3. The van der Waals surface area contributed by atoms with Crippen LogP contribution >= 0.6 is 27.3 Å². The van der Waals surface area contributed by atoms with Gasteiger partial charge in [0.25, 0.3) is 0 Å². The van der Waals surface area contributed by atoms with Crippen LogP contribution < -0.4 is 5.73 Å². The molecule has 6 aromatic rings. The van der Waals surface area contributed by atoms with Crippen molar-refractivity contribution in [1.82, 2.24) is 4.57 Å². The number of amides is 1. The van der Waals surface area contributed by atoms with Crippen LogP contribution in [0.3, 0.4) is 0 Å². The average Bonchev–Trinajstić information content (AvgIpc) is 3.48.